The minimum atomic E-state index is -1.13. The summed E-state index contributed by atoms with van der Waals surface area (Å²) >= 11 is 1.67. The van der Waals surface area contributed by atoms with Crippen molar-refractivity contribution in [1.29, 1.82) is 0 Å². The molecule has 0 amide bonds. The number of hydrogen-bond donors (Lipinski definition) is 1. The summed E-state index contributed by atoms with van der Waals surface area (Å²) < 4.78 is 13.1. The van der Waals surface area contributed by atoms with Gasteiger partial charge < -0.3 is 14.8 Å². The molecule has 4 rings (SSSR count). The van der Waals surface area contributed by atoms with Gasteiger partial charge in [0.2, 0.25) is 4.80 Å². The van der Waals surface area contributed by atoms with E-state index in [0.717, 1.165) is 53.7 Å². The van der Waals surface area contributed by atoms with E-state index in [1.54, 1.807) is 18.4 Å². The molecule has 1 saturated carbocycles. The Morgan fingerprint density at radius 2 is 2.00 bits per heavy atom. The first-order chi connectivity index (χ1) is 16.9. The molecule has 1 aliphatic rings. The normalized spacial score (nSPS) is 15.4. The van der Waals surface area contributed by atoms with E-state index in [4.69, 9.17) is 24.5 Å². The summed E-state index contributed by atoms with van der Waals surface area (Å²) in [6.45, 7) is 9.85. The van der Waals surface area contributed by atoms with Gasteiger partial charge in [-0.25, -0.2) is 9.67 Å². The third-order valence-electron chi connectivity index (χ3n) is 6.14. The number of nitrogens with one attached hydrogen (secondary N) is 1. The molecule has 35 heavy (non-hydrogen) atoms. The van der Waals surface area contributed by atoms with Crippen LogP contribution in [0.2, 0.25) is 25.7 Å². The van der Waals surface area contributed by atoms with Crippen LogP contribution in [0.4, 0.5) is 11.5 Å². The van der Waals surface area contributed by atoms with Gasteiger partial charge in [-0.15, -0.1) is 0 Å². The van der Waals surface area contributed by atoms with Gasteiger partial charge in [-0.2, -0.15) is 10.1 Å². The van der Waals surface area contributed by atoms with E-state index in [0.29, 0.717) is 18.5 Å². The van der Waals surface area contributed by atoms with Gasteiger partial charge in [-0.05, 0) is 43.5 Å². The smallest absolute Gasteiger partial charge is 0.211 e. The van der Waals surface area contributed by atoms with E-state index in [-0.39, 0.29) is 0 Å². The quantitative estimate of drug-likeness (QED) is 0.252. The zero-order valence-electron chi connectivity index (χ0n) is 21.4. The van der Waals surface area contributed by atoms with Crippen molar-refractivity contribution in [3.8, 4) is 0 Å². The lowest BCUT2D eigenvalue weighted by Gasteiger charge is -2.15. The van der Waals surface area contributed by atoms with Crippen molar-refractivity contribution in [3.05, 3.63) is 34.2 Å². The second kappa shape index (κ2) is 12.2. The maximum Gasteiger partial charge on any atom is 0.211 e. The van der Waals surface area contributed by atoms with Gasteiger partial charge in [0, 0.05) is 40.9 Å². The Kier molecular flexibility index (Phi) is 9.04. The third kappa shape index (κ3) is 7.67. The van der Waals surface area contributed by atoms with Crippen LogP contribution >= 0.6 is 11.3 Å². The summed E-state index contributed by atoms with van der Waals surface area (Å²) in [6.07, 6.45) is 7.77. The fraction of sp³-hybridized carbons (Fsp3) is 0.600. The number of fused-ring (bicyclic) bond motifs is 1. The van der Waals surface area contributed by atoms with Crippen LogP contribution in [-0.4, -0.2) is 54.7 Å². The van der Waals surface area contributed by atoms with Crippen molar-refractivity contribution in [2.45, 2.75) is 70.4 Å². The highest BCUT2D eigenvalue weighted by molar-refractivity contribution is 7.08. The molecule has 3 heterocycles. The first-order valence-corrected chi connectivity index (χ1v) is 17.1. The minimum Gasteiger partial charge on any atom is -0.385 e. The topological polar surface area (TPSA) is 86.5 Å². The molecule has 3 aromatic heterocycles. The number of nitrogens with zero attached hydrogens (tertiary/aromatic N) is 5. The molecule has 3 aromatic rings. The Bertz CT molecular complexity index is 1170. The van der Waals surface area contributed by atoms with E-state index >= 15 is 0 Å². The Labute approximate surface area is 212 Å². The molecule has 0 spiro atoms. The Morgan fingerprint density at radius 3 is 2.77 bits per heavy atom. The molecule has 0 atom stereocenters. The van der Waals surface area contributed by atoms with E-state index < -0.39 is 8.07 Å². The predicted octanol–water partition coefficient (Wildman–Crippen LogP) is 5.54. The number of ether oxygens (including phenoxy) is 2. The van der Waals surface area contributed by atoms with E-state index in [1.165, 1.54) is 30.7 Å². The van der Waals surface area contributed by atoms with Gasteiger partial charge in [-0.3, -0.25) is 4.98 Å². The third-order valence-corrected chi connectivity index (χ3v) is 8.95. The fourth-order valence-electron chi connectivity index (χ4n) is 4.06. The van der Waals surface area contributed by atoms with E-state index in [9.17, 15) is 0 Å². The maximum absolute atomic E-state index is 6.03. The molecule has 1 fully saturated rings. The molecule has 1 N–H and O–H groups in total. The number of aromatic nitrogens is 4. The van der Waals surface area contributed by atoms with Gasteiger partial charge in [0.1, 0.15) is 11.7 Å². The summed E-state index contributed by atoms with van der Waals surface area (Å²) in [5.41, 5.74) is 2.62. The van der Waals surface area contributed by atoms with Crippen LogP contribution in [0.15, 0.2) is 29.4 Å². The molecule has 190 valence electrons. The Morgan fingerprint density at radius 1 is 1.17 bits per heavy atom. The highest BCUT2D eigenvalue weighted by atomic mass is 32.1. The SMILES string of the molecule is COCCCNc1cnc2ccc(/N=c3\sc(C4CCCC4)nn3COCC[Si](C)(C)C)nc2c1. The summed E-state index contributed by atoms with van der Waals surface area (Å²) in [6, 6.07) is 7.06. The molecule has 0 unspecified atom stereocenters. The second-order valence-electron chi connectivity index (χ2n) is 10.4. The summed E-state index contributed by atoms with van der Waals surface area (Å²) in [7, 11) is 0.585. The second-order valence-corrected chi connectivity index (χ2v) is 17.0. The molecule has 0 aliphatic heterocycles. The monoisotopic (exact) mass is 514 g/mol. The standard InChI is InChI=1S/C25H38N6O2SSi/c1-32-13-7-12-26-20-16-22-21(27-17-20)10-11-23(28-22)29-25-31(18-33-14-15-35(2,3)4)30-24(34-25)19-8-5-6-9-19/h10-11,16-17,19,26H,5-9,12-15,18H2,1-4H3/b29-25-. The highest BCUT2D eigenvalue weighted by Crippen LogP contribution is 2.34. The van der Waals surface area contributed by atoms with Crippen LogP contribution in [-0.2, 0) is 16.2 Å². The van der Waals surface area contributed by atoms with Crippen molar-refractivity contribution < 1.29 is 9.47 Å². The zero-order valence-corrected chi connectivity index (χ0v) is 23.2. The van der Waals surface area contributed by atoms with Gasteiger partial charge >= 0.3 is 0 Å². The summed E-state index contributed by atoms with van der Waals surface area (Å²) in [4.78, 5) is 15.1. The first kappa shape index (κ1) is 25.9. The van der Waals surface area contributed by atoms with Crippen molar-refractivity contribution in [2.75, 3.05) is 32.2 Å². The van der Waals surface area contributed by atoms with E-state index in [1.807, 2.05) is 29.1 Å². The van der Waals surface area contributed by atoms with Crippen LogP contribution in [0.25, 0.3) is 11.0 Å². The van der Waals surface area contributed by atoms with Crippen molar-refractivity contribution in [3.63, 3.8) is 0 Å². The van der Waals surface area contributed by atoms with Crippen LogP contribution in [0.1, 0.15) is 43.0 Å². The number of pyridine rings is 2. The molecule has 0 radical (unpaired) electrons. The van der Waals surface area contributed by atoms with E-state index in [2.05, 4.69) is 29.9 Å². The van der Waals surface area contributed by atoms with Crippen LogP contribution in [0, 0.1) is 0 Å². The van der Waals surface area contributed by atoms with Crippen LogP contribution in [0.5, 0.6) is 0 Å². The highest BCUT2D eigenvalue weighted by Gasteiger charge is 2.21. The molecule has 0 saturated heterocycles. The average Bonchev–Trinajstić information content (AvgIpc) is 3.49. The van der Waals surface area contributed by atoms with Gasteiger partial charge in [0.15, 0.2) is 5.82 Å². The Hall–Kier alpha value is -2.14. The number of rotatable bonds is 12. The van der Waals surface area contributed by atoms with Gasteiger partial charge in [0.25, 0.3) is 0 Å². The van der Waals surface area contributed by atoms with Crippen molar-refractivity contribution in [1.82, 2.24) is 19.7 Å². The number of methoxy groups -OCH3 is 1. The average molecular weight is 515 g/mol. The summed E-state index contributed by atoms with van der Waals surface area (Å²) in [5, 5.41) is 9.47. The molecule has 1 aliphatic carbocycles. The Balaban J connectivity index is 1.56. The number of hydrogen-bond acceptors (Lipinski definition) is 8. The molecular formula is C25H38N6O2SSi. The lowest BCUT2D eigenvalue weighted by atomic mass is 10.1. The molecule has 8 nitrogen and oxygen atoms in total. The van der Waals surface area contributed by atoms with Crippen LogP contribution in [0.3, 0.4) is 0 Å². The largest absolute Gasteiger partial charge is 0.385 e. The summed E-state index contributed by atoms with van der Waals surface area (Å²) in [5.74, 6) is 1.20. The van der Waals surface area contributed by atoms with Gasteiger partial charge in [0.05, 0.1) is 22.9 Å². The minimum absolute atomic E-state index is 0.428. The first-order valence-electron chi connectivity index (χ1n) is 12.6. The molecule has 10 heteroatoms. The van der Waals surface area contributed by atoms with Gasteiger partial charge in [-0.1, -0.05) is 43.8 Å². The van der Waals surface area contributed by atoms with Crippen LogP contribution < -0.4 is 10.1 Å². The molecule has 0 aromatic carbocycles. The van der Waals surface area contributed by atoms with Crippen molar-refractivity contribution in [2.24, 2.45) is 4.99 Å². The lowest BCUT2D eigenvalue weighted by molar-refractivity contribution is 0.0757. The zero-order chi connectivity index (χ0) is 24.7. The molecule has 0 bridgehead atoms. The van der Waals surface area contributed by atoms with Crippen molar-refractivity contribution >= 4 is 41.9 Å². The molecular weight excluding hydrogens is 476 g/mol. The number of anilines is 1. The lowest BCUT2D eigenvalue weighted by Crippen LogP contribution is -2.24. The maximum atomic E-state index is 6.03. The fourth-order valence-corrected chi connectivity index (χ4v) is 5.89. The predicted molar refractivity (Wildman–Crippen MR) is 145 cm³/mol.